The van der Waals surface area contributed by atoms with Gasteiger partial charge in [0.25, 0.3) is 0 Å². The average Bonchev–Trinajstić information content (AvgIpc) is 3.29. The number of aromatic nitrogens is 1. The molecule has 2 fully saturated rings. The molecule has 1 aromatic heterocycles. The van der Waals surface area contributed by atoms with Gasteiger partial charge in [0.2, 0.25) is 11.8 Å². The minimum Gasteiger partial charge on any atom is -0.491 e. The largest absolute Gasteiger partial charge is 3.00 e. The second-order valence-corrected chi connectivity index (χ2v) is 7.81. The van der Waals surface area contributed by atoms with Crippen molar-refractivity contribution in [3.05, 3.63) is 23.1 Å². The fourth-order valence-corrected chi connectivity index (χ4v) is 3.99. The number of likely N-dealkylation sites (N-methyl/N-ethyl adjacent to an activating group) is 1. The second-order valence-electron chi connectivity index (χ2n) is 7.09. The van der Waals surface area contributed by atoms with Gasteiger partial charge in [0.05, 0.1) is 11.2 Å². The maximum atomic E-state index is 12.9. The van der Waals surface area contributed by atoms with Crippen LogP contribution >= 0.6 is 11.3 Å². The van der Waals surface area contributed by atoms with Crippen molar-refractivity contribution >= 4 is 29.2 Å². The predicted molar refractivity (Wildman–Crippen MR) is 95.1 cm³/mol. The topological polar surface area (TPSA) is 91.8 Å². The van der Waals surface area contributed by atoms with E-state index in [0.29, 0.717) is 13.0 Å². The van der Waals surface area contributed by atoms with Gasteiger partial charge in [-0.1, -0.05) is 6.42 Å². The zero-order chi connectivity index (χ0) is 18.9. The molecule has 10 heteroatoms. The van der Waals surface area contributed by atoms with Crippen LogP contribution in [-0.4, -0.2) is 64.0 Å². The molecule has 2 atom stereocenters. The molecule has 3 rings (SSSR count). The van der Waals surface area contributed by atoms with Gasteiger partial charge >= 0.3 is 38.8 Å². The second kappa shape index (κ2) is 8.96. The summed E-state index contributed by atoms with van der Waals surface area (Å²) in [5, 5.41) is 4.68. The molecule has 3 amide bonds. The summed E-state index contributed by atoms with van der Waals surface area (Å²) in [6.45, 7) is 5.88. The van der Waals surface area contributed by atoms with Crippen LogP contribution in [0.4, 0.5) is 4.79 Å². The van der Waals surface area contributed by atoms with Crippen molar-refractivity contribution in [3.8, 4) is 0 Å². The van der Waals surface area contributed by atoms with E-state index < -0.39 is 29.7 Å². The first kappa shape index (κ1) is 22.2. The minimum absolute atomic E-state index is 0. The van der Waals surface area contributed by atoms with Crippen molar-refractivity contribution < 1.29 is 51.8 Å². The Morgan fingerprint density at radius 3 is 2.78 bits per heavy atom. The summed E-state index contributed by atoms with van der Waals surface area (Å²) in [5.74, 6) is -0.564. The van der Waals surface area contributed by atoms with Crippen molar-refractivity contribution in [2.24, 2.45) is 0 Å². The summed E-state index contributed by atoms with van der Waals surface area (Å²) >= 11 is 1.44. The van der Waals surface area contributed by atoms with Crippen molar-refractivity contribution in [2.45, 2.75) is 50.8 Å². The molecular formula is C17H23N4O4SY+2. The van der Waals surface area contributed by atoms with Gasteiger partial charge in [-0.05, 0) is 20.4 Å². The third kappa shape index (κ3) is 4.87. The predicted octanol–water partition coefficient (Wildman–Crippen LogP) is 1.18. The number of carbonyl (C=O) groups is 3. The molecule has 1 N–H and O–H groups in total. The Kier molecular flexibility index (Phi) is 7.38. The molecule has 8 nitrogen and oxygen atoms in total. The quantitative estimate of drug-likeness (QED) is 0.656. The van der Waals surface area contributed by atoms with Crippen molar-refractivity contribution in [1.82, 2.24) is 20.1 Å². The van der Waals surface area contributed by atoms with Gasteiger partial charge in [0.15, 0.2) is 6.04 Å². The van der Waals surface area contributed by atoms with Gasteiger partial charge in [-0.25, -0.2) is 16.3 Å². The minimum atomic E-state index is -0.968. The number of rotatable bonds is 5. The van der Waals surface area contributed by atoms with Crippen LogP contribution in [0.15, 0.2) is 10.9 Å². The first-order chi connectivity index (χ1) is 12.3. The molecule has 3 heterocycles. The molecule has 2 unspecified atom stereocenters. The van der Waals surface area contributed by atoms with E-state index >= 15 is 0 Å². The molecule has 0 spiro atoms. The average molecular weight is 468 g/mol. The smallest absolute Gasteiger partial charge is 0.491 e. The van der Waals surface area contributed by atoms with Crippen molar-refractivity contribution in [1.29, 1.82) is 0 Å². The van der Waals surface area contributed by atoms with Crippen LogP contribution in [-0.2, 0) is 53.5 Å². The summed E-state index contributed by atoms with van der Waals surface area (Å²) in [5.41, 5.74) is 1.48. The van der Waals surface area contributed by atoms with E-state index in [1.54, 1.807) is 24.3 Å². The third-order valence-corrected chi connectivity index (χ3v) is 5.31. The van der Waals surface area contributed by atoms with Crippen LogP contribution in [0.25, 0.3) is 0 Å². The van der Waals surface area contributed by atoms with Crippen LogP contribution in [0.3, 0.4) is 0 Å². The number of hydrogen-bond acceptors (Lipinski definition) is 6. The van der Waals surface area contributed by atoms with Crippen LogP contribution in [0, 0.1) is 6.54 Å². The molecule has 0 aromatic carbocycles. The van der Waals surface area contributed by atoms with E-state index in [-0.39, 0.29) is 38.6 Å². The molecule has 2 aliphatic heterocycles. The van der Waals surface area contributed by atoms with Crippen LogP contribution in [0.1, 0.15) is 32.4 Å². The molecule has 0 saturated carbocycles. The number of nitrogens with one attached hydrogen (secondary N) is 1. The van der Waals surface area contributed by atoms with E-state index in [1.165, 1.54) is 23.3 Å². The maximum Gasteiger partial charge on any atom is 3.00 e. The number of cyclic esters (lactones) is 1. The van der Waals surface area contributed by atoms with Crippen LogP contribution < -0.4 is 5.32 Å². The number of hydrogen-bond donors (Lipinski definition) is 1. The summed E-state index contributed by atoms with van der Waals surface area (Å²) in [4.78, 5) is 44.7. The monoisotopic (exact) mass is 468 g/mol. The van der Waals surface area contributed by atoms with Gasteiger partial charge < -0.3 is 15.0 Å². The molecule has 27 heavy (non-hydrogen) atoms. The Hall–Kier alpha value is -1.06. The van der Waals surface area contributed by atoms with Gasteiger partial charge in [-0.2, -0.15) is 6.42 Å². The van der Waals surface area contributed by atoms with Crippen LogP contribution in [0.5, 0.6) is 0 Å². The Morgan fingerprint density at radius 2 is 2.26 bits per heavy atom. The molecule has 1 aromatic rings. The Morgan fingerprint density at radius 1 is 1.52 bits per heavy atom. The molecular weight excluding hydrogens is 445 g/mol. The normalized spacial score (nSPS) is 22.2. The van der Waals surface area contributed by atoms with Gasteiger partial charge in [0, 0.05) is 18.8 Å². The fraction of sp³-hybridized carbons (Fsp3) is 0.588. The molecule has 0 aliphatic carbocycles. The number of ether oxygens (including phenoxy) is 1. The Balaban J connectivity index is 0.00000261. The van der Waals surface area contributed by atoms with Crippen molar-refractivity contribution in [3.63, 3.8) is 0 Å². The zero-order valence-electron chi connectivity index (χ0n) is 15.7. The third-order valence-electron chi connectivity index (χ3n) is 4.68. The molecule has 0 bridgehead atoms. The maximum absolute atomic E-state index is 12.9. The van der Waals surface area contributed by atoms with Crippen LogP contribution in [0.2, 0.25) is 0 Å². The number of thiazole rings is 1. The zero-order valence-corrected chi connectivity index (χ0v) is 19.3. The standard InChI is InChI=1S/C17H23N4O4S.Y/c1-17(2)13(20(3)16(24)25-17)14(22)19-12(8-11-9-26-10-18-11)15(23)21-6-4-5-7-21;/h6,9-10,12-13H,4-5,7-8H2,1-3H3,(H,19,22);/q-1;+3. The summed E-state index contributed by atoms with van der Waals surface area (Å²) in [6.07, 6.45) is 1.53. The summed E-state index contributed by atoms with van der Waals surface area (Å²) < 4.78 is 5.26. The summed E-state index contributed by atoms with van der Waals surface area (Å²) in [6, 6.07) is -1.54. The number of nitrogens with zero attached hydrogens (tertiary/aromatic N) is 3. The van der Waals surface area contributed by atoms with E-state index in [0.717, 1.165) is 18.5 Å². The van der Waals surface area contributed by atoms with E-state index in [9.17, 15) is 14.4 Å². The van der Waals surface area contributed by atoms with Crippen molar-refractivity contribution in [2.75, 3.05) is 13.6 Å². The number of amides is 3. The number of likely N-dealkylation sites (tertiary alicyclic amines) is 1. The Labute approximate surface area is 187 Å². The fourth-order valence-electron chi connectivity index (χ4n) is 3.41. The number of carbonyl (C=O) groups excluding carboxylic acids is 3. The van der Waals surface area contributed by atoms with E-state index in [1.807, 2.05) is 11.9 Å². The molecule has 2 saturated heterocycles. The summed E-state index contributed by atoms with van der Waals surface area (Å²) in [7, 11) is 1.52. The molecule has 0 radical (unpaired) electrons. The van der Waals surface area contributed by atoms with E-state index in [4.69, 9.17) is 4.74 Å². The van der Waals surface area contributed by atoms with E-state index in [2.05, 4.69) is 10.3 Å². The van der Waals surface area contributed by atoms with Gasteiger partial charge in [-0.15, -0.1) is 11.3 Å². The van der Waals surface area contributed by atoms with Gasteiger partial charge in [-0.3, -0.25) is 14.5 Å². The molecule has 142 valence electrons. The molecule has 2 aliphatic rings. The van der Waals surface area contributed by atoms with Gasteiger partial charge in [0.1, 0.15) is 11.6 Å². The Bertz CT molecular complexity index is 691. The first-order valence-electron chi connectivity index (χ1n) is 8.56. The first-order valence-corrected chi connectivity index (χ1v) is 9.51. The SMILES string of the molecule is CN1C(=O)OC(C)(C)C1C(=O)NC(Cc1cscn1)C(=O)N1[CH-]CCC1.[Y+3].